The van der Waals surface area contributed by atoms with E-state index in [4.69, 9.17) is 0 Å². The maximum absolute atomic E-state index is 13.7. The largest absolute Gasteiger partial charge is 0.416 e. The lowest BCUT2D eigenvalue weighted by Crippen LogP contribution is -2.59. The van der Waals surface area contributed by atoms with Crippen molar-refractivity contribution in [3.63, 3.8) is 0 Å². The summed E-state index contributed by atoms with van der Waals surface area (Å²) in [6, 6.07) is 6.75. The summed E-state index contributed by atoms with van der Waals surface area (Å²) in [5, 5.41) is 22.6. The van der Waals surface area contributed by atoms with Crippen molar-refractivity contribution in [2.75, 3.05) is 16.8 Å². The predicted molar refractivity (Wildman–Crippen MR) is 114 cm³/mol. The molecule has 1 saturated heterocycles. The summed E-state index contributed by atoms with van der Waals surface area (Å²) in [5.41, 5.74) is -4.22. The Balaban J connectivity index is 1.86. The van der Waals surface area contributed by atoms with Gasteiger partial charge in [-0.3, -0.25) is 14.5 Å². The van der Waals surface area contributed by atoms with E-state index >= 15 is 0 Å². The van der Waals surface area contributed by atoms with Gasteiger partial charge >= 0.3 is 6.18 Å². The van der Waals surface area contributed by atoms with E-state index in [1.807, 2.05) is 13.0 Å². The Morgan fingerprint density at radius 2 is 1.88 bits per heavy atom. The number of likely N-dealkylation sites (N-methyl/N-ethyl adjacent to an activating group) is 1. The number of alkyl halides is 3. The molecule has 2 fully saturated rings. The van der Waals surface area contributed by atoms with E-state index in [0.717, 1.165) is 16.5 Å². The first-order chi connectivity index (χ1) is 15.3. The van der Waals surface area contributed by atoms with Gasteiger partial charge < -0.3 is 15.1 Å². The monoisotopic (exact) mass is 463 g/mol. The summed E-state index contributed by atoms with van der Waals surface area (Å²) in [4.78, 5) is 33.0. The second-order valence-corrected chi connectivity index (χ2v) is 8.81. The number of pyridine rings is 1. The maximum atomic E-state index is 13.7. The average Bonchev–Trinajstić information content (AvgIpc) is 3.12. The van der Waals surface area contributed by atoms with Gasteiger partial charge in [-0.2, -0.15) is 13.2 Å². The molecule has 0 spiro atoms. The van der Waals surface area contributed by atoms with Gasteiger partial charge in [-0.1, -0.05) is 12.1 Å². The number of anilines is 2. The van der Waals surface area contributed by atoms with Gasteiger partial charge in [0.1, 0.15) is 17.5 Å². The zero-order valence-corrected chi connectivity index (χ0v) is 18.3. The van der Waals surface area contributed by atoms with Crippen LogP contribution in [0.3, 0.4) is 0 Å². The van der Waals surface area contributed by atoms with Crippen molar-refractivity contribution in [3.05, 3.63) is 53.2 Å². The van der Waals surface area contributed by atoms with Crippen molar-refractivity contribution < 1.29 is 33.0 Å². The molecule has 7 nitrogen and oxygen atoms in total. The number of carbonyl (C=O) groups is 2. The number of benzene rings is 1. The Bertz CT molecular complexity index is 1140. The number of carbonyl (C=O) groups excluding carboxylic acids is 2. The van der Waals surface area contributed by atoms with Crippen molar-refractivity contribution >= 4 is 23.3 Å². The molecule has 2 heterocycles. The standard InChI is InChI=1S/C23H24F3N3O4/c1-13-6-4-7-16(10-13)28(3)19(30)18-21(32)8-5-9-22(21,33)20(31)29(18)17-12-15(23(24,25)26)11-14(2)27-17/h4,6-7,10-12,18,32-33H,5,8-9H2,1-3H3. The van der Waals surface area contributed by atoms with E-state index < -0.39 is 46.6 Å². The number of aromatic nitrogens is 1. The molecule has 1 aliphatic heterocycles. The highest BCUT2D eigenvalue weighted by atomic mass is 19.4. The highest BCUT2D eigenvalue weighted by Crippen LogP contribution is 2.51. The molecule has 0 radical (unpaired) electrons. The lowest BCUT2D eigenvalue weighted by molar-refractivity contribution is -0.154. The number of amides is 2. The summed E-state index contributed by atoms with van der Waals surface area (Å²) < 4.78 is 40.4. The Labute approximate surface area is 188 Å². The number of rotatable bonds is 3. The smallest absolute Gasteiger partial charge is 0.384 e. The molecule has 1 aromatic carbocycles. The zero-order chi connectivity index (χ0) is 24.3. The van der Waals surface area contributed by atoms with Crippen molar-refractivity contribution in [2.24, 2.45) is 0 Å². The molecule has 2 aromatic rings. The number of halogens is 3. The molecule has 33 heavy (non-hydrogen) atoms. The Morgan fingerprint density at radius 1 is 1.18 bits per heavy atom. The number of hydrogen-bond donors (Lipinski definition) is 2. The third-order valence-corrected chi connectivity index (χ3v) is 6.56. The lowest BCUT2D eigenvalue weighted by Gasteiger charge is -2.35. The highest BCUT2D eigenvalue weighted by molar-refractivity contribution is 6.13. The van der Waals surface area contributed by atoms with Crippen LogP contribution in [0.1, 0.15) is 36.1 Å². The molecule has 2 aliphatic rings. The van der Waals surface area contributed by atoms with E-state index in [9.17, 15) is 33.0 Å². The van der Waals surface area contributed by atoms with Gasteiger partial charge in [0, 0.05) is 18.4 Å². The van der Waals surface area contributed by atoms with E-state index in [1.54, 1.807) is 18.2 Å². The van der Waals surface area contributed by atoms with Crippen LogP contribution < -0.4 is 9.80 Å². The van der Waals surface area contributed by atoms with Gasteiger partial charge in [0.05, 0.1) is 5.56 Å². The molecule has 3 unspecified atom stereocenters. The molecular weight excluding hydrogens is 439 g/mol. The van der Waals surface area contributed by atoms with E-state index in [-0.39, 0.29) is 25.0 Å². The fraction of sp³-hybridized carbons (Fsp3) is 0.435. The van der Waals surface area contributed by atoms with E-state index in [1.165, 1.54) is 18.9 Å². The number of nitrogens with zero attached hydrogens (tertiary/aromatic N) is 3. The van der Waals surface area contributed by atoms with Gasteiger partial charge in [0.15, 0.2) is 5.60 Å². The second-order valence-electron chi connectivity index (χ2n) is 8.81. The molecule has 2 amide bonds. The Hall–Kier alpha value is -2.98. The molecule has 3 atom stereocenters. The summed E-state index contributed by atoms with van der Waals surface area (Å²) in [7, 11) is 1.44. The minimum Gasteiger partial charge on any atom is -0.384 e. The predicted octanol–water partition coefficient (Wildman–Crippen LogP) is 2.74. The number of fused-ring (bicyclic) bond motifs is 1. The molecule has 10 heteroatoms. The minimum absolute atomic E-state index is 0.0260. The van der Waals surface area contributed by atoms with E-state index in [0.29, 0.717) is 11.8 Å². The minimum atomic E-state index is -4.72. The van der Waals surface area contributed by atoms with Crippen molar-refractivity contribution in [3.8, 4) is 0 Å². The molecule has 1 aromatic heterocycles. The normalized spacial score (nSPS) is 27.1. The summed E-state index contributed by atoms with van der Waals surface area (Å²) in [5.74, 6) is -2.23. The van der Waals surface area contributed by atoms with Crippen LogP contribution in [0, 0.1) is 13.8 Å². The number of aliphatic hydroxyl groups is 2. The van der Waals surface area contributed by atoms with Crippen LogP contribution in [0.2, 0.25) is 0 Å². The van der Waals surface area contributed by atoms with Gasteiger partial charge in [-0.05, 0) is 62.9 Å². The van der Waals surface area contributed by atoms with Gasteiger partial charge in [-0.15, -0.1) is 0 Å². The molecule has 0 bridgehead atoms. The van der Waals surface area contributed by atoms with Gasteiger partial charge in [-0.25, -0.2) is 4.98 Å². The first-order valence-electron chi connectivity index (χ1n) is 10.5. The van der Waals surface area contributed by atoms with Crippen LogP contribution in [-0.2, 0) is 15.8 Å². The Morgan fingerprint density at radius 3 is 2.52 bits per heavy atom. The van der Waals surface area contributed by atoms with Crippen molar-refractivity contribution in [1.29, 1.82) is 0 Å². The quantitative estimate of drug-likeness (QED) is 0.730. The maximum Gasteiger partial charge on any atom is 0.416 e. The zero-order valence-electron chi connectivity index (χ0n) is 18.3. The van der Waals surface area contributed by atoms with Crippen LogP contribution in [0.25, 0.3) is 0 Å². The first kappa shape index (κ1) is 23.2. The van der Waals surface area contributed by atoms with Crippen LogP contribution in [0.4, 0.5) is 24.7 Å². The number of aryl methyl sites for hydroxylation is 2. The van der Waals surface area contributed by atoms with Gasteiger partial charge in [0.25, 0.3) is 11.8 Å². The molecule has 4 rings (SSSR count). The lowest BCUT2D eigenvalue weighted by atomic mass is 9.83. The SMILES string of the molecule is Cc1cccc(N(C)C(=O)C2N(c3cc(C(F)(F)F)cc(C)n3)C(=O)C3(O)CCCC23O)c1. The third-order valence-electron chi connectivity index (χ3n) is 6.56. The van der Waals surface area contributed by atoms with Gasteiger partial charge in [0.2, 0.25) is 0 Å². The molecule has 176 valence electrons. The summed E-state index contributed by atoms with van der Waals surface area (Å²) >= 11 is 0. The fourth-order valence-electron chi connectivity index (χ4n) is 4.86. The van der Waals surface area contributed by atoms with Crippen LogP contribution in [-0.4, -0.2) is 51.3 Å². The number of hydrogen-bond acceptors (Lipinski definition) is 5. The fourth-order valence-corrected chi connectivity index (χ4v) is 4.86. The van der Waals surface area contributed by atoms with Crippen molar-refractivity contribution in [2.45, 2.75) is 56.5 Å². The Kier molecular flexibility index (Phi) is 5.29. The first-order valence-corrected chi connectivity index (χ1v) is 10.5. The second kappa shape index (κ2) is 7.53. The van der Waals surface area contributed by atoms with Crippen LogP contribution in [0.5, 0.6) is 0 Å². The third kappa shape index (κ3) is 3.48. The highest BCUT2D eigenvalue weighted by Gasteiger charge is 2.73. The topological polar surface area (TPSA) is 94.0 Å². The molecule has 2 N–H and O–H groups in total. The van der Waals surface area contributed by atoms with E-state index in [2.05, 4.69) is 4.98 Å². The van der Waals surface area contributed by atoms with Crippen molar-refractivity contribution in [1.82, 2.24) is 4.98 Å². The molecule has 1 aliphatic carbocycles. The average molecular weight is 463 g/mol. The molecule has 1 saturated carbocycles. The summed E-state index contributed by atoms with van der Waals surface area (Å²) in [6.07, 6.45) is -4.62. The molecular formula is C23H24F3N3O4. The summed E-state index contributed by atoms with van der Waals surface area (Å²) in [6.45, 7) is 3.16. The van der Waals surface area contributed by atoms with Crippen LogP contribution in [0.15, 0.2) is 36.4 Å². The van der Waals surface area contributed by atoms with Crippen LogP contribution >= 0.6 is 0 Å².